The smallest absolute Gasteiger partial charge is 0.453 e. The molecule has 7 nitrogen and oxygen atoms in total. The molecule has 0 spiro atoms. The topological polar surface area (TPSA) is 78.3 Å². The van der Waals surface area contributed by atoms with E-state index in [0.717, 1.165) is 4.68 Å². The third kappa shape index (κ3) is 3.75. The van der Waals surface area contributed by atoms with Crippen LogP contribution in [-0.4, -0.2) is 34.3 Å². The zero-order valence-corrected chi connectivity index (χ0v) is 17.6. The first kappa shape index (κ1) is 21.2. The van der Waals surface area contributed by atoms with Gasteiger partial charge in [0.05, 0.1) is 13.7 Å². The lowest BCUT2D eigenvalue weighted by molar-refractivity contribution is -0.145. The van der Waals surface area contributed by atoms with Crippen molar-refractivity contribution in [2.75, 3.05) is 19.0 Å². The van der Waals surface area contributed by atoms with Crippen LogP contribution in [0.25, 0.3) is 0 Å². The summed E-state index contributed by atoms with van der Waals surface area (Å²) in [7, 11) is 1.48. The number of nitrogens with zero attached hydrogens (tertiary/aromatic N) is 3. The van der Waals surface area contributed by atoms with Gasteiger partial charge in [0.1, 0.15) is 6.04 Å². The van der Waals surface area contributed by atoms with E-state index in [9.17, 15) is 18.0 Å². The van der Waals surface area contributed by atoms with Crippen LogP contribution >= 0.6 is 0 Å². The summed E-state index contributed by atoms with van der Waals surface area (Å²) in [6.45, 7) is 6.16. The summed E-state index contributed by atoms with van der Waals surface area (Å²) in [5.74, 6) is -0.519. The minimum absolute atomic E-state index is 0.0468. The number of hydrogen-bond donors (Lipinski definition) is 1. The molecule has 0 saturated carbocycles. The average molecular weight is 436 g/mol. The van der Waals surface area contributed by atoms with E-state index in [1.807, 2.05) is 20.8 Å². The normalized spacial score (nSPS) is 20.1. The fraction of sp³-hybridized carbons (Fsp3) is 0.476. The molecule has 1 aliphatic carbocycles. The Labute approximate surface area is 177 Å². The zero-order chi connectivity index (χ0) is 22.6. The van der Waals surface area contributed by atoms with Gasteiger partial charge in [0.2, 0.25) is 5.95 Å². The monoisotopic (exact) mass is 436 g/mol. The minimum Gasteiger partial charge on any atom is -0.493 e. The first-order valence-corrected chi connectivity index (χ1v) is 9.92. The number of carbonyl (C=O) groups is 1. The highest BCUT2D eigenvalue weighted by Crippen LogP contribution is 2.46. The van der Waals surface area contributed by atoms with Crippen LogP contribution < -0.4 is 14.8 Å². The Morgan fingerprint density at radius 1 is 1.26 bits per heavy atom. The number of halogens is 3. The number of alkyl halides is 3. The van der Waals surface area contributed by atoms with Crippen molar-refractivity contribution < 1.29 is 27.4 Å². The standard InChI is InChI=1S/C21H23F3N4O3/c1-5-31-14-7-6-11(8-15(14)30-4)17-16-12(9-20(2,3)10-13(16)29)25-19-26-18(21(22,23)24)27-28(17)19/h6-8,17H,5,9-10H2,1-4H3,(H,25,26,27)/t17-/m1/s1. The molecule has 0 unspecified atom stereocenters. The highest BCUT2D eigenvalue weighted by molar-refractivity contribution is 6.00. The second kappa shape index (κ2) is 7.28. The predicted octanol–water partition coefficient (Wildman–Crippen LogP) is 4.36. The van der Waals surface area contributed by atoms with Gasteiger partial charge in [0, 0.05) is 17.7 Å². The lowest BCUT2D eigenvalue weighted by atomic mass is 9.73. The summed E-state index contributed by atoms with van der Waals surface area (Å²) in [6, 6.07) is 4.19. The Morgan fingerprint density at radius 2 is 2.00 bits per heavy atom. The Bertz CT molecular complexity index is 1070. The van der Waals surface area contributed by atoms with Gasteiger partial charge in [0.25, 0.3) is 5.82 Å². The van der Waals surface area contributed by atoms with Crippen molar-refractivity contribution in [2.45, 2.75) is 45.8 Å². The van der Waals surface area contributed by atoms with Crippen molar-refractivity contribution in [3.05, 3.63) is 40.9 Å². The maximum atomic E-state index is 13.3. The SMILES string of the molecule is CCOc1ccc([C@@H]2C3=C(CC(C)(C)CC3=O)Nc3nc(C(F)(F)F)nn32)cc1OC. The van der Waals surface area contributed by atoms with E-state index in [2.05, 4.69) is 15.4 Å². The molecule has 2 heterocycles. The Morgan fingerprint density at radius 3 is 2.65 bits per heavy atom. The van der Waals surface area contributed by atoms with Gasteiger partial charge < -0.3 is 14.8 Å². The highest BCUT2D eigenvalue weighted by Gasteiger charge is 2.44. The zero-order valence-electron chi connectivity index (χ0n) is 17.6. The van der Waals surface area contributed by atoms with Gasteiger partial charge >= 0.3 is 6.18 Å². The second-order valence-corrected chi connectivity index (χ2v) is 8.41. The average Bonchev–Trinajstić information content (AvgIpc) is 3.10. The van der Waals surface area contributed by atoms with Crippen molar-refractivity contribution in [1.29, 1.82) is 0 Å². The molecule has 1 aromatic carbocycles. The van der Waals surface area contributed by atoms with E-state index in [1.165, 1.54) is 7.11 Å². The fourth-order valence-electron chi connectivity index (χ4n) is 4.17. The summed E-state index contributed by atoms with van der Waals surface area (Å²) in [5, 5.41) is 6.65. The van der Waals surface area contributed by atoms with Gasteiger partial charge in [-0.05, 0) is 36.5 Å². The molecule has 0 bridgehead atoms. The van der Waals surface area contributed by atoms with Crippen LogP contribution in [0.15, 0.2) is 29.5 Å². The lowest BCUT2D eigenvalue weighted by Crippen LogP contribution is -2.36. The third-order valence-corrected chi connectivity index (χ3v) is 5.39. The van der Waals surface area contributed by atoms with Crippen molar-refractivity contribution in [3.63, 3.8) is 0 Å². The minimum atomic E-state index is -4.71. The Kier molecular flexibility index (Phi) is 4.98. The summed E-state index contributed by atoms with van der Waals surface area (Å²) < 4.78 is 52.1. The van der Waals surface area contributed by atoms with Crippen LogP contribution in [0, 0.1) is 5.41 Å². The van der Waals surface area contributed by atoms with Gasteiger partial charge in [-0.3, -0.25) is 4.79 Å². The molecule has 1 aromatic heterocycles. The van der Waals surface area contributed by atoms with Crippen LogP contribution in [0.1, 0.15) is 51.0 Å². The van der Waals surface area contributed by atoms with Crippen LogP contribution in [0.5, 0.6) is 11.5 Å². The summed E-state index contributed by atoms with van der Waals surface area (Å²) in [6.07, 6.45) is -3.92. The quantitative estimate of drug-likeness (QED) is 0.767. The number of fused-ring (bicyclic) bond motifs is 1. The predicted molar refractivity (Wildman–Crippen MR) is 106 cm³/mol. The maximum Gasteiger partial charge on any atom is 0.453 e. The van der Waals surface area contributed by atoms with E-state index in [1.54, 1.807) is 18.2 Å². The largest absolute Gasteiger partial charge is 0.493 e. The molecule has 0 saturated heterocycles. The van der Waals surface area contributed by atoms with Crippen molar-refractivity contribution >= 4 is 11.7 Å². The highest BCUT2D eigenvalue weighted by atomic mass is 19.4. The van der Waals surface area contributed by atoms with E-state index < -0.39 is 18.0 Å². The van der Waals surface area contributed by atoms with Crippen LogP contribution in [0.3, 0.4) is 0 Å². The lowest BCUT2D eigenvalue weighted by Gasteiger charge is -2.38. The van der Waals surface area contributed by atoms with Crippen LogP contribution in [-0.2, 0) is 11.0 Å². The molecule has 31 heavy (non-hydrogen) atoms. The number of allylic oxidation sites excluding steroid dienone is 2. The van der Waals surface area contributed by atoms with E-state index in [-0.39, 0.29) is 23.6 Å². The number of benzene rings is 1. The summed E-state index contributed by atoms with van der Waals surface area (Å²) >= 11 is 0. The molecular weight excluding hydrogens is 413 g/mol. The number of rotatable bonds is 4. The van der Waals surface area contributed by atoms with Gasteiger partial charge in [-0.1, -0.05) is 19.9 Å². The molecule has 0 radical (unpaired) electrons. The van der Waals surface area contributed by atoms with Crippen molar-refractivity contribution in [2.24, 2.45) is 5.41 Å². The molecule has 1 aliphatic heterocycles. The van der Waals surface area contributed by atoms with Crippen LogP contribution in [0.2, 0.25) is 0 Å². The van der Waals surface area contributed by atoms with Crippen LogP contribution in [0.4, 0.5) is 19.1 Å². The molecule has 4 rings (SSSR count). The molecule has 1 N–H and O–H groups in total. The summed E-state index contributed by atoms with van der Waals surface area (Å²) in [4.78, 5) is 16.8. The molecule has 1 atom stereocenters. The number of ether oxygens (including phenoxy) is 2. The number of methoxy groups -OCH3 is 1. The van der Waals surface area contributed by atoms with E-state index in [4.69, 9.17) is 9.47 Å². The second-order valence-electron chi connectivity index (χ2n) is 8.41. The number of aromatic nitrogens is 3. The summed E-state index contributed by atoms with van der Waals surface area (Å²) in [5.41, 5.74) is 1.21. The number of Topliss-reactive ketones (excluding diaryl/α,β-unsaturated/α-hetero) is 1. The fourth-order valence-corrected chi connectivity index (χ4v) is 4.17. The first-order chi connectivity index (χ1) is 14.5. The van der Waals surface area contributed by atoms with Crippen molar-refractivity contribution in [1.82, 2.24) is 14.8 Å². The number of ketones is 1. The molecule has 10 heteroatoms. The molecule has 0 fully saturated rings. The Balaban J connectivity index is 1.90. The third-order valence-electron chi connectivity index (χ3n) is 5.39. The van der Waals surface area contributed by atoms with Gasteiger partial charge in [-0.15, -0.1) is 5.10 Å². The maximum absolute atomic E-state index is 13.3. The Hall–Kier alpha value is -3.04. The van der Waals surface area contributed by atoms with Gasteiger partial charge in [-0.25, -0.2) is 4.68 Å². The number of anilines is 1. The van der Waals surface area contributed by atoms with Crippen molar-refractivity contribution in [3.8, 4) is 11.5 Å². The van der Waals surface area contributed by atoms with E-state index in [0.29, 0.717) is 41.4 Å². The molecular formula is C21H23F3N4O3. The number of hydrogen-bond acceptors (Lipinski definition) is 6. The van der Waals surface area contributed by atoms with Gasteiger partial charge in [0.15, 0.2) is 17.3 Å². The molecule has 2 aliphatic rings. The van der Waals surface area contributed by atoms with E-state index >= 15 is 0 Å². The molecule has 166 valence electrons. The number of nitrogens with one attached hydrogen (secondary N) is 1. The first-order valence-electron chi connectivity index (χ1n) is 9.92. The van der Waals surface area contributed by atoms with Gasteiger partial charge in [-0.2, -0.15) is 18.2 Å². The molecule has 0 amide bonds. The molecule has 2 aromatic rings. The number of carbonyl (C=O) groups excluding carboxylic acids is 1.